The molecule has 0 amide bonds. The molecule has 1 radical (unpaired) electrons. The molecule has 59 valence electrons. The molecule has 1 aromatic carbocycles. The summed E-state index contributed by atoms with van der Waals surface area (Å²) in [6, 6.07) is 10.8. The van der Waals surface area contributed by atoms with Crippen LogP contribution in [0.3, 0.4) is 0 Å². The van der Waals surface area contributed by atoms with Gasteiger partial charge in [-0.2, -0.15) is 0 Å². The van der Waals surface area contributed by atoms with Gasteiger partial charge >= 0.3 is 0 Å². The van der Waals surface area contributed by atoms with Crippen molar-refractivity contribution >= 4 is 10.9 Å². The van der Waals surface area contributed by atoms with Gasteiger partial charge in [0.1, 0.15) is 5.75 Å². The summed E-state index contributed by atoms with van der Waals surface area (Å²) in [5, 5.41) is 1.08. The van der Waals surface area contributed by atoms with Crippen molar-refractivity contribution in [3.63, 3.8) is 0 Å². The van der Waals surface area contributed by atoms with E-state index in [1.165, 1.54) is 0 Å². The van der Waals surface area contributed by atoms with Gasteiger partial charge in [0.05, 0.1) is 18.7 Å². The van der Waals surface area contributed by atoms with Crippen LogP contribution in [0.5, 0.6) is 5.75 Å². The van der Waals surface area contributed by atoms with Crippen LogP contribution in [-0.2, 0) is 0 Å². The number of ether oxygens (including phenoxy) is 1. The summed E-state index contributed by atoms with van der Waals surface area (Å²) in [4.78, 5) is 4.15. The first-order valence-corrected chi connectivity index (χ1v) is 3.71. The molecule has 0 saturated carbocycles. The molecule has 0 saturated heterocycles. The molecule has 0 aliphatic heterocycles. The SMILES string of the molecule is COc1[c]c2ncccc2cc1. The molecule has 0 aliphatic rings. The van der Waals surface area contributed by atoms with Crippen LogP contribution in [0.25, 0.3) is 10.9 Å². The summed E-state index contributed by atoms with van der Waals surface area (Å²) in [7, 11) is 1.63. The van der Waals surface area contributed by atoms with Gasteiger partial charge in [-0.15, -0.1) is 0 Å². The molecule has 2 aromatic rings. The molecule has 0 fully saturated rings. The maximum Gasteiger partial charge on any atom is 0.129 e. The van der Waals surface area contributed by atoms with Gasteiger partial charge in [-0.25, -0.2) is 0 Å². The van der Waals surface area contributed by atoms with Crippen LogP contribution in [0.4, 0.5) is 0 Å². The molecule has 1 heterocycles. The van der Waals surface area contributed by atoms with Gasteiger partial charge in [-0.1, -0.05) is 6.07 Å². The Morgan fingerprint density at radius 3 is 3.08 bits per heavy atom. The number of rotatable bonds is 1. The normalized spacial score (nSPS) is 10.1. The second-order valence-corrected chi connectivity index (χ2v) is 2.47. The average Bonchev–Trinajstić information content (AvgIpc) is 2.17. The Bertz CT molecular complexity index is 398. The Labute approximate surface area is 70.8 Å². The second kappa shape index (κ2) is 2.81. The van der Waals surface area contributed by atoms with Gasteiger partial charge in [0.2, 0.25) is 0 Å². The number of hydrogen-bond acceptors (Lipinski definition) is 2. The van der Waals surface area contributed by atoms with E-state index in [-0.39, 0.29) is 0 Å². The number of methoxy groups -OCH3 is 1. The van der Waals surface area contributed by atoms with Crippen LogP contribution >= 0.6 is 0 Å². The third-order valence-corrected chi connectivity index (χ3v) is 1.71. The Balaban J connectivity index is 2.67. The van der Waals surface area contributed by atoms with Crippen molar-refractivity contribution in [2.24, 2.45) is 0 Å². The number of nitrogens with zero attached hydrogens (tertiary/aromatic N) is 1. The molecule has 0 N–H and O–H groups in total. The van der Waals surface area contributed by atoms with E-state index in [0.717, 1.165) is 16.7 Å². The standard InChI is InChI=1S/C10H8NO/c1-12-9-5-4-8-3-2-6-11-10(8)7-9/h2-6H,1H3. The van der Waals surface area contributed by atoms with Crippen LogP contribution in [0.2, 0.25) is 0 Å². The van der Waals surface area contributed by atoms with Crippen molar-refractivity contribution < 1.29 is 4.74 Å². The summed E-state index contributed by atoms with van der Waals surface area (Å²) < 4.78 is 5.03. The minimum atomic E-state index is 0.723. The molecule has 0 bridgehead atoms. The molecular weight excluding hydrogens is 150 g/mol. The molecule has 0 atom stereocenters. The smallest absolute Gasteiger partial charge is 0.129 e. The van der Waals surface area contributed by atoms with E-state index < -0.39 is 0 Å². The molecule has 0 unspecified atom stereocenters. The molecule has 2 nitrogen and oxygen atoms in total. The largest absolute Gasteiger partial charge is 0.496 e. The zero-order valence-corrected chi connectivity index (χ0v) is 6.74. The number of fused-ring (bicyclic) bond motifs is 1. The fourth-order valence-corrected chi connectivity index (χ4v) is 1.10. The van der Waals surface area contributed by atoms with E-state index in [2.05, 4.69) is 11.1 Å². The summed E-state index contributed by atoms with van der Waals surface area (Å²) in [5.74, 6) is 0.723. The minimum Gasteiger partial charge on any atom is -0.496 e. The van der Waals surface area contributed by atoms with Gasteiger partial charge in [0.15, 0.2) is 0 Å². The lowest BCUT2D eigenvalue weighted by molar-refractivity contribution is 0.414. The quantitative estimate of drug-likeness (QED) is 0.633. The number of pyridine rings is 1. The first kappa shape index (κ1) is 7.10. The van der Waals surface area contributed by atoms with Crippen molar-refractivity contribution in [1.82, 2.24) is 4.98 Å². The first-order chi connectivity index (χ1) is 5.90. The predicted molar refractivity (Wildman–Crippen MR) is 47.1 cm³/mol. The molecule has 1 aromatic heterocycles. The molecule has 0 spiro atoms. The van der Waals surface area contributed by atoms with Crippen molar-refractivity contribution in [3.05, 3.63) is 36.5 Å². The molecule has 2 rings (SSSR count). The van der Waals surface area contributed by atoms with Gasteiger partial charge in [0.25, 0.3) is 0 Å². The third-order valence-electron chi connectivity index (χ3n) is 1.71. The van der Waals surface area contributed by atoms with Crippen molar-refractivity contribution in [1.29, 1.82) is 0 Å². The van der Waals surface area contributed by atoms with Crippen LogP contribution in [0.15, 0.2) is 30.5 Å². The lowest BCUT2D eigenvalue weighted by atomic mass is 10.2. The summed E-state index contributed by atoms with van der Waals surface area (Å²) in [5.41, 5.74) is 0.844. The summed E-state index contributed by atoms with van der Waals surface area (Å²) in [6.45, 7) is 0. The third kappa shape index (κ3) is 1.11. The van der Waals surface area contributed by atoms with Crippen LogP contribution in [0, 0.1) is 6.07 Å². The average molecular weight is 158 g/mol. The summed E-state index contributed by atoms with van der Waals surface area (Å²) in [6.07, 6.45) is 1.75. The van der Waals surface area contributed by atoms with Crippen molar-refractivity contribution in [2.75, 3.05) is 7.11 Å². The highest BCUT2D eigenvalue weighted by atomic mass is 16.5. The number of benzene rings is 1. The topological polar surface area (TPSA) is 22.1 Å². The van der Waals surface area contributed by atoms with Crippen LogP contribution in [-0.4, -0.2) is 12.1 Å². The monoisotopic (exact) mass is 158 g/mol. The fraction of sp³-hybridized carbons (Fsp3) is 0.100. The minimum absolute atomic E-state index is 0.723. The van der Waals surface area contributed by atoms with E-state index in [9.17, 15) is 0 Å². The van der Waals surface area contributed by atoms with Gasteiger partial charge in [-0.3, -0.25) is 4.98 Å². The van der Waals surface area contributed by atoms with E-state index in [4.69, 9.17) is 4.74 Å². The lowest BCUT2D eigenvalue weighted by Crippen LogP contribution is -1.83. The highest BCUT2D eigenvalue weighted by Gasteiger charge is 1.95. The van der Waals surface area contributed by atoms with Gasteiger partial charge < -0.3 is 4.74 Å². The molecule has 0 aliphatic carbocycles. The lowest BCUT2D eigenvalue weighted by Gasteiger charge is -1.99. The zero-order valence-electron chi connectivity index (χ0n) is 6.74. The Morgan fingerprint density at radius 1 is 1.33 bits per heavy atom. The van der Waals surface area contributed by atoms with Gasteiger partial charge in [0, 0.05) is 11.6 Å². The molecule has 12 heavy (non-hydrogen) atoms. The van der Waals surface area contributed by atoms with Crippen molar-refractivity contribution in [3.8, 4) is 5.75 Å². The fourth-order valence-electron chi connectivity index (χ4n) is 1.10. The Kier molecular flexibility index (Phi) is 1.67. The maximum absolute atomic E-state index is 5.03. The number of hydrogen-bond donors (Lipinski definition) is 0. The maximum atomic E-state index is 5.03. The first-order valence-electron chi connectivity index (χ1n) is 3.71. The van der Waals surface area contributed by atoms with Crippen LogP contribution < -0.4 is 4.74 Å². The van der Waals surface area contributed by atoms with E-state index in [1.54, 1.807) is 13.3 Å². The van der Waals surface area contributed by atoms with Gasteiger partial charge in [-0.05, 0) is 18.2 Å². The summed E-state index contributed by atoms with van der Waals surface area (Å²) >= 11 is 0. The highest BCUT2D eigenvalue weighted by molar-refractivity contribution is 5.78. The predicted octanol–water partition coefficient (Wildman–Crippen LogP) is 2.04. The highest BCUT2D eigenvalue weighted by Crippen LogP contribution is 2.16. The van der Waals surface area contributed by atoms with Crippen LogP contribution in [0.1, 0.15) is 0 Å². The van der Waals surface area contributed by atoms with E-state index in [0.29, 0.717) is 0 Å². The number of aromatic nitrogens is 1. The van der Waals surface area contributed by atoms with E-state index in [1.807, 2.05) is 24.3 Å². The van der Waals surface area contributed by atoms with E-state index >= 15 is 0 Å². The second-order valence-electron chi connectivity index (χ2n) is 2.47. The zero-order chi connectivity index (χ0) is 8.39. The van der Waals surface area contributed by atoms with Crippen molar-refractivity contribution in [2.45, 2.75) is 0 Å². The molecular formula is C10H8NO. The Morgan fingerprint density at radius 2 is 2.25 bits per heavy atom. The Hall–Kier alpha value is -1.57. The molecule has 2 heteroatoms.